The first kappa shape index (κ1) is 12.4. The van der Waals surface area contributed by atoms with Crippen LogP contribution in [-0.2, 0) is 22.4 Å². The van der Waals surface area contributed by atoms with E-state index in [1.807, 2.05) is 18.2 Å². The molecule has 2 N–H and O–H groups in total. The Labute approximate surface area is 105 Å². The van der Waals surface area contributed by atoms with E-state index in [2.05, 4.69) is 5.32 Å². The van der Waals surface area contributed by atoms with Gasteiger partial charge in [-0.15, -0.1) is 0 Å². The highest BCUT2D eigenvalue weighted by Crippen LogP contribution is 2.31. The van der Waals surface area contributed by atoms with Crippen molar-refractivity contribution in [3.05, 3.63) is 29.3 Å². The molecule has 1 aromatic rings. The summed E-state index contributed by atoms with van der Waals surface area (Å²) in [5, 5.41) is 11.8. The second kappa shape index (κ2) is 4.68. The highest BCUT2D eigenvalue weighted by atomic mass is 16.5. The van der Waals surface area contributed by atoms with Gasteiger partial charge >= 0.3 is 5.97 Å². The molecule has 0 radical (unpaired) electrons. The number of hydrogen-bond donors (Lipinski definition) is 2. The quantitative estimate of drug-likeness (QED) is 0.772. The second-order valence-corrected chi connectivity index (χ2v) is 4.46. The minimum absolute atomic E-state index is 0.285. The van der Waals surface area contributed by atoms with E-state index in [1.165, 1.54) is 0 Å². The number of carbonyl (C=O) groups excluding carboxylic acids is 1. The van der Waals surface area contributed by atoms with Crippen LogP contribution in [0.2, 0.25) is 0 Å². The Balaban J connectivity index is 2.36. The van der Waals surface area contributed by atoms with Crippen LogP contribution in [-0.4, -0.2) is 30.1 Å². The lowest BCUT2D eigenvalue weighted by Gasteiger charge is -2.34. The summed E-state index contributed by atoms with van der Waals surface area (Å²) in [4.78, 5) is 22.0. The fourth-order valence-electron chi connectivity index (χ4n) is 2.38. The molecule has 5 nitrogen and oxygen atoms in total. The van der Waals surface area contributed by atoms with Gasteiger partial charge in [-0.2, -0.15) is 0 Å². The van der Waals surface area contributed by atoms with Crippen LogP contribution in [0.5, 0.6) is 5.75 Å². The summed E-state index contributed by atoms with van der Waals surface area (Å²) in [6.45, 7) is 0. The summed E-state index contributed by atoms with van der Waals surface area (Å²) in [7, 11) is 1.57. The molecule has 0 saturated carbocycles. The number of ether oxygens (including phenoxy) is 1. The molecule has 0 saturated heterocycles. The summed E-state index contributed by atoms with van der Waals surface area (Å²) in [5.74, 6) is -0.302. The number of nitrogens with one attached hydrogen (secondary N) is 1. The normalized spacial score (nSPS) is 21.8. The van der Waals surface area contributed by atoms with Crippen molar-refractivity contribution in [1.29, 1.82) is 0 Å². The third-order valence-electron chi connectivity index (χ3n) is 3.47. The van der Waals surface area contributed by atoms with Gasteiger partial charge in [0.05, 0.1) is 7.11 Å². The first-order valence-corrected chi connectivity index (χ1v) is 5.72. The number of methoxy groups -OCH3 is 1. The first-order valence-electron chi connectivity index (χ1n) is 5.72. The number of carbonyl (C=O) groups is 2. The lowest BCUT2D eigenvalue weighted by atomic mass is 9.78. The highest BCUT2D eigenvalue weighted by Gasteiger charge is 2.41. The smallest absolute Gasteiger partial charge is 0.329 e. The molecule has 96 valence electrons. The van der Waals surface area contributed by atoms with Crippen LogP contribution in [0, 0.1) is 0 Å². The predicted octanol–water partition coefficient (Wildman–Crippen LogP) is 0.753. The Bertz CT molecular complexity index is 486. The van der Waals surface area contributed by atoms with Crippen molar-refractivity contribution in [3.8, 4) is 5.75 Å². The van der Waals surface area contributed by atoms with Gasteiger partial charge in [0.25, 0.3) is 0 Å². The largest absolute Gasteiger partial charge is 0.497 e. The van der Waals surface area contributed by atoms with Crippen molar-refractivity contribution in [3.63, 3.8) is 0 Å². The molecule has 1 amide bonds. The third-order valence-corrected chi connectivity index (χ3v) is 3.47. The Morgan fingerprint density at radius 1 is 1.50 bits per heavy atom. The zero-order valence-corrected chi connectivity index (χ0v) is 10.1. The van der Waals surface area contributed by atoms with Crippen LogP contribution in [0.1, 0.15) is 17.5 Å². The van der Waals surface area contributed by atoms with E-state index in [4.69, 9.17) is 4.74 Å². The van der Waals surface area contributed by atoms with Crippen molar-refractivity contribution in [2.24, 2.45) is 0 Å². The molecule has 0 bridgehead atoms. The second-order valence-electron chi connectivity index (χ2n) is 4.46. The van der Waals surface area contributed by atoms with Crippen molar-refractivity contribution in [2.45, 2.75) is 24.8 Å². The van der Waals surface area contributed by atoms with E-state index >= 15 is 0 Å². The van der Waals surface area contributed by atoms with E-state index in [-0.39, 0.29) is 6.42 Å². The molecule has 18 heavy (non-hydrogen) atoms. The maximum atomic E-state index is 11.4. The van der Waals surface area contributed by atoms with Crippen LogP contribution in [0.25, 0.3) is 0 Å². The number of aliphatic carboxylic acids is 1. The van der Waals surface area contributed by atoms with Crippen LogP contribution in [0.3, 0.4) is 0 Å². The minimum Gasteiger partial charge on any atom is -0.497 e. The molecule has 1 atom stereocenters. The fraction of sp³-hybridized carbons (Fsp3) is 0.385. The maximum Gasteiger partial charge on any atom is 0.329 e. The molecule has 0 aliphatic heterocycles. The molecule has 5 heteroatoms. The molecule has 2 rings (SSSR count). The van der Waals surface area contributed by atoms with Gasteiger partial charge in [-0.3, -0.25) is 4.79 Å². The molecule has 0 aromatic heterocycles. The Morgan fingerprint density at radius 3 is 2.89 bits per heavy atom. The van der Waals surface area contributed by atoms with Gasteiger partial charge in [0.15, 0.2) is 0 Å². The monoisotopic (exact) mass is 249 g/mol. The van der Waals surface area contributed by atoms with Crippen molar-refractivity contribution < 1.29 is 19.4 Å². The molecule has 0 fully saturated rings. The number of benzene rings is 1. The molecular formula is C13H15NO4. The van der Waals surface area contributed by atoms with E-state index in [1.54, 1.807) is 7.11 Å². The van der Waals surface area contributed by atoms with Gasteiger partial charge < -0.3 is 15.2 Å². The fourth-order valence-corrected chi connectivity index (χ4v) is 2.38. The molecule has 1 aromatic carbocycles. The van der Waals surface area contributed by atoms with Crippen molar-refractivity contribution >= 4 is 12.4 Å². The predicted molar refractivity (Wildman–Crippen MR) is 64.6 cm³/mol. The topological polar surface area (TPSA) is 75.6 Å². The summed E-state index contributed by atoms with van der Waals surface area (Å²) in [6, 6.07) is 5.64. The average Bonchev–Trinajstić information content (AvgIpc) is 2.38. The molecule has 0 heterocycles. The number of rotatable bonds is 4. The number of amides is 1. The van der Waals surface area contributed by atoms with Crippen LogP contribution in [0.15, 0.2) is 18.2 Å². The van der Waals surface area contributed by atoms with E-state index in [9.17, 15) is 14.7 Å². The SMILES string of the molecule is COc1ccc2c(c1)CC(NC=O)(C(=O)O)CC2. The van der Waals surface area contributed by atoms with E-state index in [0.717, 1.165) is 11.1 Å². The van der Waals surface area contributed by atoms with Gasteiger partial charge in [0.2, 0.25) is 6.41 Å². The van der Waals surface area contributed by atoms with Gasteiger partial charge in [0.1, 0.15) is 11.3 Å². The van der Waals surface area contributed by atoms with Crippen molar-refractivity contribution in [1.82, 2.24) is 5.32 Å². The van der Waals surface area contributed by atoms with Crippen molar-refractivity contribution in [2.75, 3.05) is 7.11 Å². The summed E-state index contributed by atoms with van der Waals surface area (Å²) < 4.78 is 5.13. The van der Waals surface area contributed by atoms with Gasteiger partial charge in [-0.1, -0.05) is 6.07 Å². The van der Waals surface area contributed by atoms with Crippen LogP contribution >= 0.6 is 0 Å². The third kappa shape index (κ3) is 2.03. The van der Waals surface area contributed by atoms with Crippen LogP contribution < -0.4 is 10.1 Å². The summed E-state index contributed by atoms with van der Waals surface area (Å²) in [6.07, 6.45) is 1.78. The van der Waals surface area contributed by atoms with E-state index < -0.39 is 11.5 Å². The summed E-state index contributed by atoms with van der Waals surface area (Å²) in [5.41, 5.74) is 0.832. The molecular weight excluding hydrogens is 234 g/mol. The van der Waals surface area contributed by atoms with Gasteiger partial charge in [-0.05, 0) is 36.1 Å². The van der Waals surface area contributed by atoms with Gasteiger partial charge in [0, 0.05) is 6.42 Å². The Kier molecular flexibility index (Phi) is 3.23. The number of aryl methyl sites for hydroxylation is 1. The van der Waals surface area contributed by atoms with E-state index in [0.29, 0.717) is 25.0 Å². The highest BCUT2D eigenvalue weighted by molar-refractivity contribution is 5.82. The maximum absolute atomic E-state index is 11.4. The number of fused-ring (bicyclic) bond motifs is 1. The number of carboxylic acids is 1. The van der Waals surface area contributed by atoms with Crippen LogP contribution in [0.4, 0.5) is 0 Å². The number of carboxylic acid groups (broad SMARTS) is 1. The first-order chi connectivity index (χ1) is 8.61. The zero-order valence-electron chi connectivity index (χ0n) is 10.1. The number of hydrogen-bond acceptors (Lipinski definition) is 3. The standard InChI is InChI=1S/C13H15NO4/c1-18-11-3-2-9-4-5-13(12(16)17,14-8-15)7-10(9)6-11/h2-3,6,8H,4-5,7H2,1H3,(H,14,15)(H,16,17). The summed E-state index contributed by atoms with van der Waals surface area (Å²) >= 11 is 0. The average molecular weight is 249 g/mol. The molecule has 1 aliphatic carbocycles. The minimum atomic E-state index is -1.19. The zero-order chi connectivity index (χ0) is 13.2. The molecule has 1 unspecified atom stereocenters. The lowest BCUT2D eigenvalue weighted by Crippen LogP contribution is -2.55. The Hall–Kier alpha value is -2.04. The lowest BCUT2D eigenvalue weighted by molar-refractivity contribution is -0.146. The molecule has 1 aliphatic rings. The Morgan fingerprint density at radius 2 is 2.28 bits per heavy atom. The van der Waals surface area contributed by atoms with Gasteiger partial charge in [-0.25, -0.2) is 4.79 Å². The molecule has 0 spiro atoms.